The van der Waals surface area contributed by atoms with Crippen LogP contribution >= 0.6 is 0 Å². The number of likely N-dealkylation sites (N-methyl/N-ethyl adjacent to an activating group) is 2. The maximum atomic E-state index is 12.5. The first-order valence-corrected chi connectivity index (χ1v) is 8.21. The van der Waals surface area contributed by atoms with Crippen molar-refractivity contribution in [2.24, 2.45) is 0 Å². The Labute approximate surface area is 133 Å². The molecule has 0 aliphatic carbocycles. The molecule has 1 aliphatic rings. The fourth-order valence-electron chi connectivity index (χ4n) is 2.93. The van der Waals surface area contributed by atoms with Gasteiger partial charge in [0.25, 0.3) is 0 Å². The van der Waals surface area contributed by atoms with Gasteiger partial charge in [-0.1, -0.05) is 0 Å². The van der Waals surface area contributed by atoms with E-state index in [0.717, 1.165) is 38.2 Å². The van der Waals surface area contributed by atoms with Crippen molar-refractivity contribution >= 4 is 5.91 Å². The SMILES string of the molecule is CCN(Cc1cnn(CC)c1)C(=O)CN1CCC(N(C)C)C1. The zero-order valence-electron chi connectivity index (χ0n) is 14.3. The van der Waals surface area contributed by atoms with Gasteiger partial charge in [0.15, 0.2) is 0 Å². The molecule has 6 nitrogen and oxygen atoms in total. The van der Waals surface area contributed by atoms with Crippen molar-refractivity contribution in [1.82, 2.24) is 24.5 Å². The Balaban J connectivity index is 1.86. The van der Waals surface area contributed by atoms with Crippen LogP contribution < -0.4 is 0 Å². The Hall–Kier alpha value is -1.40. The van der Waals surface area contributed by atoms with Crippen molar-refractivity contribution < 1.29 is 4.79 Å². The van der Waals surface area contributed by atoms with Crippen molar-refractivity contribution in [2.45, 2.75) is 39.4 Å². The summed E-state index contributed by atoms with van der Waals surface area (Å²) in [5.74, 6) is 0.214. The molecule has 1 unspecified atom stereocenters. The number of aryl methyl sites for hydroxylation is 1. The lowest BCUT2D eigenvalue weighted by Crippen LogP contribution is -2.40. The lowest BCUT2D eigenvalue weighted by atomic mass is 10.2. The third kappa shape index (κ3) is 4.30. The van der Waals surface area contributed by atoms with Crippen molar-refractivity contribution in [3.63, 3.8) is 0 Å². The number of nitrogens with zero attached hydrogens (tertiary/aromatic N) is 5. The van der Waals surface area contributed by atoms with Crippen LogP contribution in [-0.2, 0) is 17.9 Å². The summed E-state index contributed by atoms with van der Waals surface area (Å²) in [4.78, 5) is 19.0. The molecule has 0 bridgehead atoms. The summed E-state index contributed by atoms with van der Waals surface area (Å²) in [6.45, 7) is 8.88. The molecule has 1 saturated heterocycles. The van der Waals surface area contributed by atoms with Crippen LogP contribution in [-0.4, -0.2) is 76.7 Å². The summed E-state index contributed by atoms with van der Waals surface area (Å²) >= 11 is 0. The summed E-state index contributed by atoms with van der Waals surface area (Å²) in [5, 5.41) is 4.28. The number of aromatic nitrogens is 2. The second kappa shape index (κ2) is 7.74. The molecule has 0 saturated carbocycles. The summed E-state index contributed by atoms with van der Waals surface area (Å²) < 4.78 is 1.90. The number of amides is 1. The van der Waals surface area contributed by atoms with Crippen LogP contribution in [0.25, 0.3) is 0 Å². The molecular formula is C16H29N5O. The van der Waals surface area contributed by atoms with Gasteiger partial charge in [-0.15, -0.1) is 0 Å². The maximum absolute atomic E-state index is 12.5. The Bertz CT molecular complexity index is 485. The molecule has 1 aromatic rings. The van der Waals surface area contributed by atoms with Gasteiger partial charge in [-0.05, 0) is 34.4 Å². The van der Waals surface area contributed by atoms with Gasteiger partial charge in [-0.25, -0.2) is 0 Å². The first-order chi connectivity index (χ1) is 10.5. The van der Waals surface area contributed by atoms with Gasteiger partial charge >= 0.3 is 0 Å². The fourth-order valence-corrected chi connectivity index (χ4v) is 2.93. The van der Waals surface area contributed by atoms with Crippen LogP contribution in [0.15, 0.2) is 12.4 Å². The quantitative estimate of drug-likeness (QED) is 0.750. The number of carbonyl (C=O) groups is 1. The van der Waals surface area contributed by atoms with E-state index in [-0.39, 0.29) is 5.91 Å². The highest BCUT2D eigenvalue weighted by Gasteiger charge is 2.26. The van der Waals surface area contributed by atoms with E-state index < -0.39 is 0 Å². The van der Waals surface area contributed by atoms with E-state index in [0.29, 0.717) is 19.1 Å². The van der Waals surface area contributed by atoms with Gasteiger partial charge in [0.05, 0.1) is 12.7 Å². The molecule has 0 N–H and O–H groups in total. The highest BCUT2D eigenvalue weighted by molar-refractivity contribution is 5.78. The van der Waals surface area contributed by atoms with Gasteiger partial charge in [-0.2, -0.15) is 5.10 Å². The molecule has 0 radical (unpaired) electrons. The average molecular weight is 307 g/mol. The Morgan fingerprint density at radius 1 is 1.41 bits per heavy atom. The molecule has 2 rings (SSSR count). The highest BCUT2D eigenvalue weighted by atomic mass is 16.2. The minimum absolute atomic E-state index is 0.214. The molecule has 1 atom stereocenters. The van der Waals surface area contributed by atoms with Crippen LogP contribution in [0.4, 0.5) is 0 Å². The molecule has 1 aromatic heterocycles. The second-order valence-corrected chi connectivity index (χ2v) is 6.25. The third-order valence-corrected chi connectivity index (χ3v) is 4.46. The Morgan fingerprint density at radius 2 is 2.18 bits per heavy atom. The molecular weight excluding hydrogens is 278 g/mol. The molecule has 6 heteroatoms. The lowest BCUT2D eigenvalue weighted by molar-refractivity contribution is -0.132. The molecule has 2 heterocycles. The molecule has 124 valence electrons. The van der Waals surface area contributed by atoms with Crippen molar-refractivity contribution in [3.05, 3.63) is 18.0 Å². The Kier molecular flexibility index (Phi) is 5.97. The van der Waals surface area contributed by atoms with E-state index >= 15 is 0 Å². The van der Waals surface area contributed by atoms with Crippen molar-refractivity contribution in [2.75, 3.05) is 40.3 Å². The van der Waals surface area contributed by atoms with E-state index in [9.17, 15) is 4.79 Å². The van der Waals surface area contributed by atoms with Crippen LogP contribution in [0.2, 0.25) is 0 Å². The van der Waals surface area contributed by atoms with Crippen LogP contribution in [0.3, 0.4) is 0 Å². The van der Waals surface area contributed by atoms with Gasteiger partial charge in [-0.3, -0.25) is 14.4 Å². The molecule has 22 heavy (non-hydrogen) atoms. The van der Waals surface area contributed by atoms with E-state index in [1.165, 1.54) is 0 Å². The lowest BCUT2D eigenvalue weighted by Gasteiger charge is -2.24. The van der Waals surface area contributed by atoms with Crippen LogP contribution in [0.5, 0.6) is 0 Å². The number of hydrogen-bond acceptors (Lipinski definition) is 4. The third-order valence-electron chi connectivity index (χ3n) is 4.46. The van der Waals surface area contributed by atoms with Crippen LogP contribution in [0, 0.1) is 0 Å². The van der Waals surface area contributed by atoms with E-state index in [2.05, 4.69) is 35.9 Å². The highest BCUT2D eigenvalue weighted by Crippen LogP contribution is 2.13. The van der Waals surface area contributed by atoms with Gasteiger partial charge in [0.1, 0.15) is 0 Å². The smallest absolute Gasteiger partial charge is 0.237 e. The first kappa shape index (κ1) is 17.0. The minimum Gasteiger partial charge on any atom is -0.337 e. The standard InChI is InChI=1S/C16H29N5O/c1-5-20(10-14-9-17-21(6-2)11-14)16(22)13-19-8-7-15(12-19)18(3)4/h9,11,15H,5-8,10,12-13H2,1-4H3. The largest absolute Gasteiger partial charge is 0.337 e. The summed E-state index contributed by atoms with van der Waals surface area (Å²) in [5.41, 5.74) is 1.10. The van der Waals surface area contributed by atoms with Gasteiger partial charge in [0, 0.05) is 50.5 Å². The van der Waals surface area contributed by atoms with E-state index in [4.69, 9.17) is 0 Å². The van der Waals surface area contributed by atoms with Crippen molar-refractivity contribution in [1.29, 1.82) is 0 Å². The van der Waals surface area contributed by atoms with E-state index in [1.54, 1.807) is 0 Å². The summed E-state index contributed by atoms with van der Waals surface area (Å²) in [7, 11) is 4.22. The zero-order chi connectivity index (χ0) is 16.1. The van der Waals surface area contributed by atoms with Gasteiger partial charge < -0.3 is 9.80 Å². The maximum Gasteiger partial charge on any atom is 0.237 e. The molecule has 1 aliphatic heterocycles. The second-order valence-electron chi connectivity index (χ2n) is 6.25. The average Bonchev–Trinajstić information content (AvgIpc) is 3.13. The van der Waals surface area contributed by atoms with Gasteiger partial charge in [0.2, 0.25) is 5.91 Å². The fraction of sp³-hybridized carbons (Fsp3) is 0.750. The molecule has 1 amide bonds. The Morgan fingerprint density at radius 3 is 2.73 bits per heavy atom. The van der Waals surface area contributed by atoms with E-state index in [1.807, 2.05) is 28.9 Å². The number of hydrogen-bond donors (Lipinski definition) is 0. The summed E-state index contributed by atoms with van der Waals surface area (Å²) in [6, 6.07) is 0.575. The molecule has 1 fully saturated rings. The summed E-state index contributed by atoms with van der Waals surface area (Å²) in [6.07, 6.45) is 5.03. The molecule has 0 aromatic carbocycles. The first-order valence-electron chi connectivity index (χ1n) is 8.21. The normalized spacial score (nSPS) is 19.0. The zero-order valence-corrected chi connectivity index (χ0v) is 14.3. The monoisotopic (exact) mass is 307 g/mol. The number of rotatable bonds is 7. The molecule has 0 spiro atoms. The van der Waals surface area contributed by atoms with Crippen molar-refractivity contribution in [3.8, 4) is 0 Å². The topological polar surface area (TPSA) is 44.6 Å². The predicted octanol–water partition coefficient (Wildman–Crippen LogP) is 0.887. The number of likely N-dealkylation sites (tertiary alicyclic amines) is 1. The van der Waals surface area contributed by atoms with Crippen LogP contribution in [0.1, 0.15) is 25.8 Å². The number of carbonyl (C=O) groups excluding carboxylic acids is 1. The predicted molar refractivity (Wildman–Crippen MR) is 87.5 cm³/mol. The minimum atomic E-state index is 0.214.